The predicted octanol–water partition coefficient (Wildman–Crippen LogP) is 2.09. The Balaban J connectivity index is 2.04. The van der Waals surface area contributed by atoms with Gasteiger partial charge < -0.3 is 4.74 Å². The van der Waals surface area contributed by atoms with Crippen LogP contribution in [0.3, 0.4) is 0 Å². The lowest BCUT2D eigenvalue weighted by molar-refractivity contribution is 0.112. The zero-order valence-corrected chi connectivity index (χ0v) is 11.7. The molecule has 0 unspecified atom stereocenters. The molecule has 6 heteroatoms. The summed E-state index contributed by atoms with van der Waals surface area (Å²) in [6.45, 7) is 0. The van der Waals surface area contributed by atoms with Crippen LogP contribution in [0.15, 0.2) is 42.9 Å². The van der Waals surface area contributed by atoms with Crippen molar-refractivity contribution in [3.63, 3.8) is 0 Å². The molecule has 2 heterocycles. The van der Waals surface area contributed by atoms with Gasteiger partial charge in [0.2, 0.25) is 0 Å². The van der Waals surface area contributed by atoms with Crippen molar-refractivity contribution >= 4 is 6.29 Å². The summed E-state index contributed by atoms with van der Waals surface area (Å²) in [6.07, 6.45) is 6.02. The number of aromatic nitrogens is 4. The zero-order valence-electron chi connectivity index (χ0n) is 11.7. The highest BCUT2D eigenvalue weighted by Crippen LogP contribution is 2.22. The Morgan fingerprint density at radius 3 is 2.52 bits per heavy atom. The van der Waals surface area contributed by atoms with E-state index in [1.165, 1.54) is 0 Å². The molecule has 0 aliphatic rings. The second kappa shape index (κ2) is 5.24. The van der Waals surface area contributed by atoms with Crippen molar-refractivity contribution in [3.05, 3.63) is 48.4 Å². The fourth-order valence-corrected chi connectivity index (χ4v) is 2.11. The van der Waals surface area contributed by atoms with E-state index in [1.54, 1.807) is 28.9 Å². The van der Waals surface area contributed by atoms with Gasteiger partial charge in [-0.1, -0.05) is 0 Å². The van der Waals surface area contributed by atoms with Crippen LogP contribution in [0, 0.1) is 0 Å². The van der Waals surface area contributed by atoms with E-state index < -0.39 is 0 Å². The Labute approximate surface area is 121 Å². The normalized spacial score (nSPS) is 10.6. The monoisotopic (exact) mass is 282 g/mol. The fraction of sp³-hybridized carbons (Fsp3) is 0.133. The number of aldehydes is 1. The molecule has 0 bridgehead atoms. The molecule has 0 saturated heterocycles. The van der Waals surface area contributed by atoms with Crippen LogP contribution in [0.5, 0.6) is 5.75 Å². The molecule has 0 aliphatic carbocycles. The van der Waals surface area contributed by atoms with Crippen molar-refractivity contribution in [2.45, 2.75) is 0 Å². The second-order valence-electron chi connectivity index (χ2n) is 4.60. The van der Waals surface area contributed by atoms with Crippen LogP contribution in [0.4, 0.5) is 0 Å². The van der Waals surface area contributed by atoms with Crippen LogP contribution in [-0.4, -0.2) is 33.0 Å². The summed E-state index contributed by atoms with van der Waals surface area (Å²) in [5.74, 6) is 0.772. The molecule has 3 aromatic rings. The number of benzene rings is 1. The smallest absolute Gasteiger partial charge is 0.153 e. The first-order valence-electron chi connectivity index (χ1n) is 6.39. The van der Waals surface area contributed by atoms with Gasteiger partial charge in [-0.2, -0.15) is 10.2 Å². The van der Waals surface area contributed by atoms with Gasteiger partial charge in [0.25, 0.3) is 0 Å². The molecule has 6 nitrogen and oxygen atoms in total. The van der Waals surface area contributed by atoms with Crippen LogP contribution in [0.25, 0.3) is 16.9 Å². The van der Waals surface area contributed by atoms with Gasteiger partial charge in [0.15, 0.2) is 6.29 Å². The molecule has 0 amide bonds. The molecule has 2 aromatic heterocycles. The summed E-state index contributed by atoms with van der Waals surface area (Å²) in [6, 6.07) is 7.46. The number of rotatable bonds is 4. The van der Waals surface area contributed by atoms with E-state index >= 15 is 0 Å². The lowest BCUT2D eigenvalue weighted by Gasteiger charge is -2.03. The average molecular weight is 282 g/mol. The number of aryl methyl sites for hydroxylation is 1. The fourth-order valence-electron chi connectivity index (χ4n) is 2.11. The molecule has 0 radical (unpaired) electrons. The molecule has 106 valence electrons. The summed E-state index contributed by atoms with van der Waals surface area (Å²) in [7, 11) is 3.44. The van der Waals surface area contributed by atoms with E-state index in [2.05, 4.69) is 10.2 Å². The Bertz CT molecular complexity index is 771. The van der Waals surface area contributed by atoms with Gasteiger partial charge in [-0.05, 0) is 24.3 Å². The maximum absolute atomic E-state index is 11.3. The van der Waals surface area contributed by atoms with Crippen molar-refractivity contribution in [1.82, 2.24) is 19.6 Å². The molecule has 0 N–H and O–H groups in total. The second-order valence-corrected chi connectivity index (χ2v) is 4.60. The SMILES string of the molecule is COc1ccc(-n2cc(C=O)c(-c3cnn(C)c3)n2)cc1. The van der Waals surface area contributed by atoms with Crippen molar-refractivity contribution in [3.8, 4) is 22.7 Å². The van der Waals surface area contributed by atoms with Gasteiger partial charge in [-0.25, -0.2) is 4.68 Å². The molecule has 3 rings (SSSR count). The molecular weight excluding hydrogens is 268 g/mol. The van der Waals surface area contributed by atoms with Crippen LogP contribution >= 0.6 is 0 Å². The summed E-state index contributed by atoms with van der Waals surface area (Å²) in [4.78, 5) is 11.3. The van der Waals surface area contributed by atoms with Gasteiger partial charge in [0.1, 0.15) is 11.4 Å². The molecule has 21 heavy (non-hydrogen) atoms. The van der Waals surface area contributed by atoms with E-state index in [4.69, 9.17) is 4.74 Å². The zero-order chi connectivity index (χ0) is 14.8. The Morgan fingerprint density at radius 1 is 1.19 bits per heavy atom. The van der Waals surface area contributed by atoms with Gasteiger partial charge >= 0.3 is 0 Å². The maximum atomic E-state index is 11.3. The third-order valence-electron chi connectivity index (χ3n) is 3.18. The molecule has 0 atom stereocenters. The van der Waals surface area contributed by atoms with Crippen molar-refractivity contribution in [2.75, 3.05) is 7.11 Å². The first kappa shape index (κ1) is 13.1. The minimum absolute atomic E-state index is 0.527. The molecule has 0 spiro atoms. The van der Waals surface area contributed by atoms with E-state index in [0.29, 0.717) is 11.3 Å². The largest absolute Gasteiger partial charge is 0.497 e. The molecule has 0 saturated carbocycles. The lowest BCUT2D eigenvalue weighted by atomic mass is 10.2. The highest BCUT2D eigenvalue weighted by Gasteiger charge is 2.13. The first-order chi connectivity index (χ1) is 10.2. The molecule has 0 aliphatic heterocycles. The number of hydrogen-bond donors (Lipinski definition) is 0. The van der Waals surface area contributed by atoms with Gasteiger partial charge in [-0.3, -0.25) is 9.48 Å². The van der Waals surface area contributed by atoms with Crippen LogP contribution in [0.2, 0.25) is 0 Å². The standard InChI is InChI=1S/C15H14N4O2/c1-18-8-11(7-16-18)15-12(10-20)9-19(17-15)13-3-5-14(21-2)6-4-13/h3-10H,1-2H3. The Kier molecular flexibility index (Phi) is 3.27. The molecular formula is C15H14N4O2. The summed E-state index contributed by atoms with van der Waals surface area (Å²) in [5, 5.41) is 8.59. The predicted molar refractivity (Wildman–Crippen MR) is 77.7 cm³/mol. The first-order valence-corrected chi connectivity index (χ1v) is 6.39. The number of carbonyl (C=O) groups is 1. The van der Waals surface area contributed by atoms with Crippen LogP contribution < -0.4 is 4.74 Å². The summed E-state index contributed by atoms with van der Waals surface area (Å²) in [5.41, 5.74) is 2.81. The minimum Gasteiger partial charge on any atom is -0.497 e. The number of nitrogens with zero attached hydrogens (tertiary/aromatic N) is 4. The third-order valence-corrected chi connectivity index (χ3v) is 3.18. The Hall–Kier alpha value is -2.89. The van der Waals surface area contributed by atoms with E-state index in [0.717, 1.165) is 23.3 Å². The van der Waals surface area contributed by atoms with Crippen molar-refractivity contribution < 1.29 is 9.53 Å². The highest BCUT2D eigenvalue weighted by molar-refractivity contribution is 5.85. The average Bonchev–Trinajstić information content (AvgIpc) is 3.13. The third kappa shape index (κ3) is 2.43. The van der Waals surface area contributed by atoms with Crippen LogP contribution in [0.1, 0.15) is 10.4 Å². The summed E-state index contributed by atoms with van der Waals surface area (Å²) < 4.78 is 8.48. The highest BCUT2D eigenvalue weighted by atomic mass is 16.5. The number of carbonyl (C=O) groups excluding carboxylic acids is 1. The summed E-state index contributed by atoms with van der Waals surface area (Å²) >= 11 is 0. The Morgan fingerprint density at radius 2 is 1.95 bits per heavy atom. The van der Waals surface area contributed by atoms with Gasteiger partial charge in [0.05, 0.1) is 24.6 Å². The maximum Gasteiger partial charge on any atom is 0.153 e. The molecule has 0 fully saturated rings. The van der Waals surface area contributed by atoms with Crippen LogP contribution in [-0.2, 0) is 7.05 Å². The van der Waals surface area contributed by atoms with Gasteiger partial charge in [0, 0.05) is 25.0 Å². The number of ether oxygens (including phenoxy) is 1. The number of methoxy groups -OCH3 is 1. The van der Waals surface area contributed by atoms with E-state index in [-0.39, 0.29) is 0 Å². The van der Waals surface area contributed by atoms with Crippen molar-refractivity contribution in [2.24, 2.45) is 7.05 Å². The van der Waals surface area contributed by atoms with Gasteiger partial charge in [-0.15, -0.1) is 0 Å². The lowest BCUT2D eigenvalue weighted by Crippen LogP contribution is -1.94. The van der Waals surface area contributed by atoms with E-state index in [9.17, 15) is 4.79 Å². The minimum atomic E-state index is 0.527. The topological polar surface area (TPSA) is 61.9 Å². The van der Waals surface area contributed by atoms with Crippen molar-refractivity contribution in [1.29, 1.82) is 0 Å². The molecule has 1 aromatic carbocycles. The quantitative estimate of drug-likeness (QED) is 0.687. The number of hydrogen-bond acceptors (Lipinski definition) is 4. The van der Waals surface area contributed by atoms with E-state index in [1.807, 2.05) is 37.5 Å².